The van der Waals surface area contributed by atoms with E-state index in [0.29, 0.717) is 10.7 Å². The first-order chi connectivity index (χ1) is 13.8. The van der Waals surface area contributed by atoms with Crippen molar-refractivity contribution in [3.63, 3.8) is 0 Å². The third-order valence-corrected chi connectivity index (χ3v) is 5.43. The Hall–Kier alpha value is -3.57. The van der Waals surface area contributed by atoms with Crippen molar-refractivity contribution in [1.82, 2.24) is 14.4 Å². The van der Waals surface area contributed by atoms with Crippen LogP contribution < -0.4 is 5.56 Å². The van der Waals surface area contributed by atoms with Crippen molar-refractivity contribution < 1.29 is 0 Å². The molecular formula is C23H15N3OS. The molecule has 3 heterocycles. The van der Waals surface area contributed by atoms with E-state index in [1.807, 2.05) is 47.9 Å². The van der Waals surface area contributed by atoms with E-state index < -0.39 is 0 Å². The van der Waals surface area contributed by atoms with E-state index in [-0.39, 0.29) is 5.56 Å². The topological polar surface area (TPSA) is 47.3 Å². The molecule has 3 aromatic heterocycles. The van der Waals surface area contributed by atoms with Crippen LogP contribution in [0.5, 0.6) is 0 Å². The van der Waals surface area contributed by atoms with Crippen molar-refractivity contribution in [2.75, 3.05) is 0 Å². The minimum absolute atomic E-state index is 0.0831. The summed E-state index contributed by atoms with van der Waals surface area (Å²) >= 11 is 1.47. The molecule has 0 fully saturated rings. The van der Waals surface area contributed by atoms with Gasteiger partial charge in [-0.3, -0.25) is 14.2 Å². The zero-order valence-corrected chi connectivity index (χ0v) is 15.6. The second kappa shape index (κ2) is 6.87. The van der Waals surface area contributed by atoms with Crippen molar-refractivity contribution in [3.05, 3.63) is 100 Å². The Morgan fingerprint density at radius 3 is 2.68 bits per heavy atom. The van der Waals surface area contributed by atoms with Crippen LogP contribution in [-0.4, -0.2) is 14.4 Å². The minimum Gasteiger partial charge on any atom is -0.269 e. The summed E-state index contributed by atoms with van der Waals surface area (Å²) in [6.07, 6.45) is 7.25. The largest absolute Gasteiger partial charge is 0.269 e. The highest BCUT2D eigenvalue weighted by atomic mass is 32.1. The summed E-state index contributed by atoms with van der Waals surface area (Å²) in [5.74, 6) is 0. The van der Waals surface area contributed by atoms with E-state index in [1.54, 1.807) is 22.9 Å². The third-order valence-electron chi connectivity index (χ3n) is 4.60. The lowest BCUT2D eigenvalue weighted by Gasteiger charge is -2.04. The molecule has 0 saturated heterocycles. The maximum Gasteiger partial charge on any atom is 0.259 e. The number of fused-ring (bicyclic) bond motifs is 2. The van der Waals surface area contributed by atoms with Crippen molar-refractivity contribution >= 4 is 39.2 Å². The first kappa shape index (κ1) is 16.6. The molecule has 0 saturated carbocycles. The standard InChI is InChI=1S/C23H15N3OS/c27-22-13-20(10-7-16-4-3-11-24-14-16)25-23-26(22)21(15-28-23)19-9-8-17-5-1-2-6-18(17)12-19/h1-15H. The van der Waals surface area contributed by atoms with Crippen LogP contribution in [-0.2, 0) is 0 Å². The van der Waals surface area contributed by atoms with Crippen LogP contribution in [0.2, 0.25) is 0 Å². The summed E-state index contributed by atoms with van der Waals surface area (Å²) in [7, 11) is 0. The fourth-order valence-electron chi connectivity index (χ4n) is 3.23. The van der Waals surface area contributed by atoms with Crippen molar-refractivity contribution in [1.29, 1.82) is 0 Å². The zero-order chi connectivity index (χ0) is 18.9. The molecule has 0 N–H and O–H groups in total. The molecule has 0 spiro atoms. The van der Waals surface area contributed by atoms with Crippen LogP contribution in [0.3, 0.4) is 0 Å². The second-order valence-electron chi connectivity index (χ2n) is 6.44. The normalized spacial score (nSPS) is 11.6. The molecule has 0 amide bonds. The van der Waals surface area contributed by atoms with Gasteiger partial charge in [-0.1, -0.05) is 48.5 Å². The number of aromatic nitrogens is 3. The molecule has 5 rings (SSSR count). The van der Waals surface area contributed by atoms with Gasteiger partial charge in [0.25, 0.3) is 5.56 Å². The van der Waals surface area contributed by atoms with Gasteiger partial charge in [-0.2, -0.15) is 0 Å². The SMILES string of the molecule is O=c1cc(C=Cc2cccnc2)nc2scc(-c3ccc4ccccc4c3)n12. The van der Waals surface area contributed by atoms with E-state index in [9.17, 15) is 4.79 Å². The Labute approximate surface area is 165 Å². The van der Waals surface area contributed by atoms with Crippen LogP contribution in [0.15, 0.2) is 83.2 Å². The average molecular weight is 381 g/mol. The van der Waals surface area contributed by atoms with Crippen LogP contribution in [0.4, 0.5) is 0 Å². The zero-order valence-electron chi connectivity index (χ0n) is 14.8. The minimum atomic E-state index is -0.0831. The molecule has 5 aromatic rings. The number of pyridine rings is 1. The van der Waals surface area contributed by atoms with E-state index in [4.69, 9.17) is 0 Å². The quantitative estimate of drug-likeness (QED) is 0.435. The summed E-state index contributed by atoms with van der Waals surface area (Å²) in [6, 6.07) is 19.8. The molecule has 2 aromatic carbocycles. The summed E-state index contributed by atoms with van der Waals surface area (Å²) in [5, 5.41) is 4.32. The average Bonchev–Trinajstić information content (AvgIpc) is 3.17. The first-order valence-electron chi connectivity index (χ1n) is 8.86. The van der Waals surface area contributed by atoms with Gasteiger partial charge in [0.05, 0.1) is 11.4 Å². The number of thiazole rings is 1. The molecule has 0 radical (unpaired) electrons. The fourth-order valence-corrected chi connectivity index (χ4v) is 4.14. The number of hydrogen-bond acceptors (Lipinski definition) is 4. The van der Waals surface area contributed by atoms with Crippen LogP contribution in [0, 0.1) is 0 Å². The highest BCUT2D eigenvalue weighted by Crippen LogP contribution is 2.27. The van der Waals surface area contributed by atoms with Gasteiger partial charge in [-0.25, -0.2) is 4.98 Å². The van der Waals surface area contributed by atoms with Crippen LogP contribution in [0.1, 0.15) is 11.3 Å². The van der Waals surface area contributed by atoms with E-state index in [1.165, 1.54) is 16.7 Å². The highest BCUT2D eigenvalue weighted by Gasteiger charge is 2.10. The summed E-state index contributed by atoms with van der Waals surface area (Å²) in [6.45, 7) is 0. The Bertz CT molecular complexity index is 1380. The summed E-state index contributed by atoms with van der Waals surface area (Å²) in [4.78, 5) is 22.2. The number of rotatable bonds is 3. The van der Waals surface area contributed by atoms with Crippen molar-refractivity contribution in [2.24, 2.45) is 0 Å². The van der Waals surface area contributed by atoms with Gasteiger partial charge < -0.3 is 0 Å². The molecule has 4 nitrogen and oxygen atoms in total. The number of nitrogens with zero attached hydrogens (tertiary/aromatic N) is 3. The fraction of sp³-hybridized carbons (Fsp3) is 0. The Balaban J connectivity index is 1.58. The van der Waals surface area contributed by atoms with Crippen molar-refractivity contribution in [3.8, 4) is 11.3 Å². The molecule has 0 atom stereocenters. The Morgan fingerprint density at radius 1 is 0.929 bits per heavy atom. The van der Waals surface area contributed by atoms with E-state index in [2.05, 4.69) is 34.2 Å². The summed E-state index contributed by atoms with van der Waals surface area (Å²) in [5.41, 5.74) is 3.40. The van der Waals surface area contributed by atoms with Gasteiger partial charge in [0.15, 0.2) is 4.96 Å². The second-order valence-corrected chi connectivity index (χ2v) is 7.28. The summed E-state index contributed by atoms with van der Waals surface area (Å²) < 4.78 is 1.68. The van der Waals surface area contributed by atoms with E-state index >= 15 is 0 Å². The lowest BCUT2D eigenvalue weighted by Crippen LogP contribution is -2.13. The van der Waals surface area contributed by atoms with Gasteiger partial charge >= 0.3 is 0 Å². The van der Waals surface area contributed by atoms with Crippen LogP contribution in [0.25, 0.3) is 39.1 Å². The molecule has 5 heteroatoms. The van der Waals surface area contributed by atoms with Crippen molar-refractivity contribution in [2.45, 2.75) is 0 Å². The molecule has 0 aliphatic carbocycles. The molecule has 28 heavy (non-hydrogen) atoms. The van der Waals surface area contributed by atoms with Gasteiger partial charge in [0.2, 0.25) is 0 Å². The predicted octanol–water partition coefficient (Wildman–Crippen LogP) is 5.14. The molecular weight excluding hydrogens is 366 g/mol. The maximum absolute atomic E-state index is 12.8. The molecule has 0 aliphatic rings. The molecule has 0 bridgehead atoms. The van der Waals surface area contributed by atoms with E-state index in [0.717, 1.165) is 22.2 Å². The Kier molecular flexibility index (Phi) is 4.07. The van der Waals surface area contributed by atoms with Crippen LogP contribution >= 0.6 is 11.3 Å². The van der Waals surface area contributed by atoms with Gasteiger partial charge in [0, 0.05) is 29.4 Å². The third kappa shape index (κ3) is 3.02. The lowest BCUT2D eigenvalue weighted by atomic mass is 10.1. The van der Waals surface area contributed by atoms with Gasteiger partial charge in [-0.05, 0) is 34.5 Å². The molecule has 0 unspecified atom stereocenters. The van der Waals surface area contributed by atoms with Gasteiger partial charge in [0.1, 0.15) is 0 Å². The monoisotopic (exact) mass is 381 g/mol. The molecule has 134 valence electrons. The molecule has 0 aliphatic heterocycles. The lowest BCUT2D eigenvalue weighted by molar-refractivity contribution is 1.08. The predicted molar refractivity (Wildman–Crippen MR) is 115 cm³/mol. The maximum atomic E-state index is 12.8. The number of hydrogen-bond donors (Lipinski definition) is 0. The number of benzene rings is 2. The highest BCUT2D eigenvalue weighted by molar-refractivity contribution is 7.15. The Morgan fingerprint density at radius 2 is 1.82 bits per heavy atom. The van der Waals surface area contributed by atoms with Gasteiger partial charge in [-0.15, -0.1) is 11.3 Å². The first-order valence-corrected chi connectivity index (χ1v) is 9.74. The smallest absolute Gasteiger partial charge is 0.259 e.